The van der Waals surface area contributed by atoms with E-state index in [0.29, 0.717) is 28.2 Å². The summed E-state index contributed by atoms with van der Waals surface area (Å²) in [5.41, 5.74) is 5.85. The third-order valence-electron chi connectivity index (χ3n) is 9.92. The molecule has 0 aliphatic rings. The van der Waals surface area contributed by atoms with Crippen LogP contribution in [-0.2, 0) is 20.1 Å². The molecule has 7 aromatic carbocycles. The largest absolute Gasteiger partial charge is 0.486 e. The third kappa shape index (κ3) is 5.95. The number of furan rings is 1. The smallest absolute Gasteiger partial charge is 0.216 e. The molecule has 11 aromatic rings. The van der Waals surface area contributed by atoms with Gasteiger partial charge < -0.3 is 14.0 Å². The van der Waals surface area contributed by atoms with Gasteiger partial charge in [0.2, 0.25) is 5.71 Å². The van der Waals surface area contributed by atoms with Crippen molar-refractivity contribution in [3.05, 3.63) is 181 Å². The summed E-state index contributed by atoms with van der Waals surface area (Å²) in [5.74, 6) is 0.677. The third-order valence-corrected chi connectivity index (χ3v) is 9.92. The summed E-state index contributed by atoms with van der Waals surface area (Å²) in [6, 6.07) is 52.6. The number of pyridine rings is 2. The van der Waals surface area contributed by atoms with Crippen LogP contribution in [0.1, 0.15) is 29.2 Å². The molecule has 271 valence electrons. The van der Waals surface area contributed by atoms with Gasteiger partial charge in [0.15, 0.2) is 0 Å². The van der Waals surface area contributed by atoms with E-state index in [1.54, 1.807) is 24.3 Å². The molecule has 0 spiro atoms. The van der Waals surface area contributed by atoms with E-state index in [1.807, 2.05) is 30.3 Å². The Morgan fingerprint density at radius 2 is 1.34 bits per heavy atom. The van der Waals surface area contributed by atoms with Crippen molar-refractivity contribution in [2.24, 2.45) is 0 Å². The molecule has 0 saturated heterocycles. The first kappa shape index (κ1) is 26.4. The number of para-hydroxylation sites is 2. The summed E-state index contributed by atoms with van der Waals surface area (Å²) in [6.07, 6.45) is 1.30. The molecule has 0 N–H and O–H groups in total. The first-order valence-electron chi connectivity index (χ1n) is 22.2. The number of benzene rings is 7. The van der Waals surface area contributed by atoms with Gasteiger partial charge in [-0.25, -0.2) is 4.98 Å². The van der Waals surface area contributed by atoms with E-state index in [9.17, 15) is 0 Å². The zero-order valence-electron chi connectivity index (χ0n) is 38.5. The van der Waals surface area contributed by atoms with Crippen LogP contribution in [-0.4, -0.2) is 19.5 Å². The molecule has 11 rings (SSSR count). The number of rotatable bonds is 3. The van der Waals surface area contributed by atoms with Gasteiger partial charge in [-0.05, 0) is 82.2 Å². The molecule has 0 saturated carbocycles. The summed E-state index contributed by atoms with van der Waals surface area (Å²) < 4.78 is 75.7. The molecule has 4 aromatic heterocycles. The van der Waals surface area contributed by atoms with Gasteiger partial charge in [-0.3, -0.25) is 4.98 Å². The van der Waals surface area contributed by atoms with Gasteiger partial charge in [0.05, 0.1) is 22.4 Å². The van der Waals surface area contributed by atoms with E-state index < -0.39 is 20.6 Å². The minimum absolute atomic E-state index is 0. The zero-order chi connectivity index (χ0) is 44.5. The van der Waals surface area contributed by atoms with Crippen molar-refractivity contribution in [3.8, 4) is 28.3 Å². The van der Waals surface area contributed by atoms with Crippen LogP contribution in [0.4, 0.5) is 0 Å². The van der Waals surface area contributed by atoms with Crippen LogP contribution in [0.3, 0.4) is 0 Å². The fourth-order valence-electron chi connectivity index (χ4n) is 7.49. The predicted octanol–water partition coefficient (Wildman–Crippen LogP) is 12.7. The molecule has 4 heterocycles. The average molecular weight is 908 g/mol. The predicted molar refractivity (Wildman–Crippen MR) is 226 cm³/mol. The monoisotopic (exact) mass is 908 g/mol. The average Bonchev–Trinajstić information content (AvgIpc) is 3.87. The van der Waals surface area contributed by atoms with Gasteiger partial charge in [0, 0.05) is 60.8 Å². The Balaban J connectivity index is 0.000000215. The summed E-state index contributed by atoms with van der Waals surface area (Å²) in [4.78, 5) is 13.6. The first-order chi connectivity index (χ1) is 30.6. The van der Waals surface area contributed by atoms with Crippen molar-refractivity contribution < 1.29 is 36.9 Å². The van der Waals surface area contributed by atoms with Crippen LogP contribution in [0.25, 0.3) is 93.8 Å². The maximum absolute atomic E-state index is 7.83. The Morgan fingerprint density at radius 3 is 2.07 bits per heavy atom. The molecule has 0 bridgehead atoms. The van der Waals surface area contributed by atoms with Gasteiger partial charge in [0.1, 0.15) is 0 Å². The van der Waals surface area contributed by atoms with Crippen molar-refractivity contribution in [2.45, 2.75) is 20.6 Å². The SMILES string of the molecule is [2H]C([2H])([2H])c1c[c-]c(-c2ccc(C([2H])([2H])[2H])cn2)cc1.[2H]C([2H])([2H])c1ccc2c(n1)oc1c(-c3nc4ccccc4n3-c3cccc4c5ccccc5c5ccccc5c34)[c-]ccc12.[Ir]. The normalized spacial score (nSPS) is 14.4. The molecular weight excluding hydrogens is 865 g/mol. The van der Waals surface area contributed by atoms with Gasteiger partial charge in [-0.1, -0.05) is 103 Å². The zero-order valence-corrected chi connectivity index (χ0v) is 31.9. The number of hydrogen-bond donors (Lipinski definition) is 0. The van der Waals surface area contributed by atoms with E-state index in [2.05, 4.69) is 99.5 Å². The quantitative estimate of drug-likeness (QED) is 0.131. The summed E-state index contributed by atoms with van der Waals surface area (Å²) in [5, 5.41) is 8.62. The van der Waals surface area contributed by atoms with Crippen LogP contribution in [0.15, 0.2) is 156 Å². The molecule has 5 nitrogen and oxygen atoms in total. The molecule has 1 radical (unpaired) electrons. The number of imidazole rings is 1. The number of aryl methyl sites for hydroxylation is 3. The van der Waals surface area contributed by atoms with E-state index >= 15 is 0 Å². The molecule has 0 aliphatic heterocycles. The second kappa shape index (κ2) is 14.3. The second-order valence-electron chi connectivity index (χ2n) is 13.2. The Bertz CT molecular complexity index is 3480. The van der Waals surface area contributed by atoms with Gasteiger partial charge >= 0.3 is 0 Å². The van der Waals surface area contributed by atoms with Crippen LogP contribution in [0.5, 0.6) is 0 Å². The Morgan fingerprint density at radius 1 is 0.607 bits per heavy atom. The maximum Gasteiger partial charge on any atom is 0.216 e. The van der Waals surface area contributed by atoms with Gasteiger partial charge in [0.25, 0.3) is 0 Å². The summed E-state index contributed by atoms with van der Waals surface area (Å²) in [6.45, 7) is -6.68. The molecule has 0 unspecified atom stereocenters. The molecule has 56 heavy (non-hydrogen) atoms. The van der Waals surface area contributed by atoms with E-state index in [-0.39, 0.29) is 42.6 Å². The molecule has 0 atom stereocenters. The van der Waals surface area contributed by atoms with E-state index in [1.165, 1.54) is 40.6 Å². The van der Waals surface area contributed by atoms with Gasteiger partial charge in [-0.15, -0.1) is 53.6 Å². The van der Waals surface area contributed by atoms with Crippen molar-refractivity contribution >= 4 is 65.4 Å². The van der Waals surface area contributed by atoms with Crippen molar-refractivity contribution in [3.63, 3.8) is 0 Å². The van der Waals surface area contributed by atoms with Gasteiger partial charge in [-0.2, -0.15) is 0 Å². The second-order valence-corrected chi connectivity index (χ2v) is 13.2. The number of hydrogen-bond acceptors (Lipinski definition) is 4. The van der Waals surface area contributed by atoms with Crippen LogP contribution >= 0.6 is 0 Å². The van der Waals surface area contributed by atoms with Crippen LogP contribution in [0, 0.1) is 32.7 Å². The Labute approximate surface area is 350 Å². The summed E-state index contributed by atoms with van der Waals surface area (Å²) >= 11 is 0. The minimum atomic E-state index is -2.34. The van der Waals surface area contributed by atoms with E-state index in [0.717, 1.165) is 43.7 Å². The van der Waals surface area contributed by atoms with Crippen molar-refractivity contribution in [2.75, 3.05) is 0 Å². The van der Waals surface area contributed by atoms with Crippen molar-refractivity contribution in [1.29, 1.82) is 0 Å². The first-order valence-corrected chi connectivity index (χ1v) is 17.7. The molecular formula is C50H34IrN4O-2. The Hall–Kier alpha value is -6.46. The molecule has 6 heteroatoms. The number of nitrogens with zero attached hydrogens (tertiary/aromatic N) is 4. The van der Waals surface area contributed by atoms with Crippen LogP contribution in [0.2, 0.25) is 0 Å². The molecule has 0 fully saturated rings. The minimum Gasteiger partial charge on any atom is -0.486 e. The summed E-state index contributed by atoms with van der Waals surface area (Å²) in [7, 11) is 0. The molecule has 0 amide bonds. The molecule has 0 aliphatic carbocycles. The topological polar surface area (TPSA) is 56.7 Å². The number of fused-ring (bicyclic) bond motifs is 10. The Kier molecular flexibility index (Phi) is 6.74. The fraction of sp³-hybridized carbons (Fsp3) is 0.0600. The number of aromatic nitrogens is 4. The van der Waals surface area contributed by atoms with E-state index in [4.69, 9.17) is 21.7 Å². The standard InChI is InChI=1S/C37H22N3O.C13H12N.Ir/c1-22-20-21-29-28-15-8-16-30(35(28)41-37(29)38-22)36-39-31-17-6-7-18-32(31)40(36)33-19-9-14-27-25-11-3-2-10-23(25)24-12-4-5-13-26(24)34(27)33;1-10-3-6-12(7-4-10)13-8-5-11(2)9-14-13;/h2-15,17-21H,1H3;3-6,8-9H,1-2H3;/q2*-1;/i1D3;1D3,2D3;. The maximum atomic E-state index is 7.83. The van der Waals surface area contributed by atoms with Crippen molar-refractivity contribution in [1.82, 2.24) is 19.5 Å². The fourth-order valence-corrected chi connectivity index (χ4v) is 7.49. The van der Waals surface area contributed by atoms with Crippen LogP contribution < -0.4 is 0 Å².